The molecule has 3 N–H and O–H groups in total. The molecule has 164 valence electrons. The Labute approximate surface area is 186 Å². The Balaban J connectivity index is 1.32. The minimum absolute atomic E-state index is 0.000355. The van der Waals surface area contributed by atoms with Crippen LogP contribution >= 0.6 is 11.9 Å². The molecule has 5 nitrogen and oxygen atoms in total. The third-order valence-corrected chi connectivity index (χ3v) is 7.15. The third kappa shape index (κ3) is 5.46. The SMILES string of the molecule is O=C(NSc1ccccc1F)c1ccc(NC(=O)C2NCCC2C2CCCCC2)cc1. The number of halogens is 1. The average Bonchev–Trinajstić information content (AvgIpc) is 3.30. The van der Waals surface area contributed by atoms with Gasteiger partial charge in [-0.25, -0.2) is 4.39 Å². The molecule has 4 rings (SSSR count). The summed E-state index contributed by atoms with van der Waals surface area (Å²) in [5.41, 5.74) is 1.11. The Bertz CT molecular complexity index is 915. The molecule has 1 aliphatic carbocycles. The van der Waals surface area contributed by atoms with Gasteiger partial charge < -0.3 is 10.6 Å². The number of benzene rings is 2. The van der Waals surface area contributed by atoms with Crippen molar-refractivity contribution in [3.05, 3.63) is 59.9 Å². The molecule has 0 spiro atoms. The Kier molecular flexibility index (Phi) is 7.25. The van der Waals surface area contributed by atoms with Gasteiger partial charge in [-0.3, -0.25) is 14.3 Å². The minimum Gasteiger partial charge on any atom is -0.325 e. The second-order valence-corrected chi connectivity index (χ2v) is 9.16. The zero-order chi connectivity index (χ0) is 21.6. The van der Waals surface area contributed by atoms with Crippen LogP contribution < -0.4 is 15.4 Å². The maximum absolute atomic E-state index is 13.7. The quantitative estimate of drug-likeness (QED) is 0.566. The van der Waals surface area contributed by atoms with E-state index in [4.69, 9.17) is 0 Å². The molecule has 2 fully saturated rings. The summed E-state index contributed by atoms with van der Waals surface area (Å²) < 4.78 is 16.3. The van der Waals surface area contributed by atoms with Gasteiger partial charge in [0.2, 0.25) is 5.91 Å². The summed E-state index contributed by atoms with van der Waals surface area (Å²) >= 11 is 0.943. The van der Waals surface area contributed by atoms with Crippen molar-refractivity contribution in [1.82, 2.24) is 10.0 Å². The van der Waals surface area contributed by atoms with E-state index in [1.165, 1.54) is 38.2 Å². The van der Waals surface area contributed by atoms with Crippen LogP contribution in [0.3, 0.4) is 0 Å². The van der Waals surface area contributed by atoms with E-state index < -0.39 is 0 Å². The number of hydrogen-bond acceptors (Lipinski definition) is 4. The predicted octanol–water partition coefficient (Wildman–Crippen LogP) is 4.76. The molecule has 7 heteroatoms. The molecule has 2 aromatic rings. The lowest BCUT2D eigenvalue weighted by Gasteiger charge is -2.30. The lowest BCUT2D eigenvalue weighted by molar-refractivity contribution is -0.119. The van der Waals surface area contributed by atoms with Crippen molar-refractivity contribution in [3.8, 4) is 0 Å². The zero-order valence-electron chi connectivity index (χ0n) is 17.4. The molecule has 0 radical (unpaired) electrons. The van der Waals surface area contributed by atoms with Crippen molar-refractivity contribution in [2.75, 3.05) is 11.9 Å². The van der Waals surface area contributed by atoms with E-state index in [1.54, 1.807) is 42.5 Å². The van der Waals surface area contributed by atoms with Crippen LogP contribution in [0.4, 0.5) is 10.1 Å². The van der Waals surface area contributed by atoms with Gasteiger partial charge in [0, 0.05) is 11.3 Å². The van der Waals surface area contributed by atoms with Gasteiger partial charge in [0.15, 0.2) is 0 Å². The van der Waals surface area contributed by atoms with E-state index in [0.717, 1.165) is 24.9 Å². The maximum atomic E-state index is 13.7. The van der Waals surface area contributed by atoms with E-state index in [-0.39, 0.29) is 23.7 Å². The molecule has 2 atom stereocenters. The molecule has 1 aliphatic heterocycles. The molecule has 1 heterocycles. The number of hydrogen-bond donors (Lipinski definition) is 3. The summed E-state index contributed by atoms with van der Waals surface area (Å²) in [4.78, 5) is 25.6. The van der Waals surface area contributed by atoms with Crippen LogP contribution in [0, 0.1) is 17.7 Å². The normalized spacial score (nSPS) is 21.6. The summed E-state index contributed by atoms with van der Waals surface area (Å²) in [5.74, 6) is 0.345. The van der Waals surface area contributed by atoms with Gasteiger partial charge in [-0.2, -0.15) is 0 Å². The fourth-order valence-corrected chi connectivity index (χ4v) is 5.33. The van der Waals surface area contributed by atoms with Crippen LogP contribution in [-0.2, 0) is 4.79 Å². The van der Waals surface area contributed by atoms with Gasteiger partial charge in [-0.15, -0.1) is 0 Å². The van der Waals surface area contributed by atoms with E-state index >= 15 is 0 Å². The van der Waals surface area contributed by atoms with Gasteiger partial charge in [-0.05, 0) is 73.1 Å². The Morgan fingerprint density at radius 2 is 1.71 bits per heavy atom. The van der Waals surface area contributed by atoms with Crippen molar-refractivity contribution in [3.63, 3.8) is 0 Å². The second kappa shape index (κ2) is 10.3. The zero-order valence-corrected chi connectivity index (χ0v) is 18.2. The number of nitrogens with one attached hydrogen (secondary N) is 3. The fourth-order valence-electron chi connectivity index (χ4n) is 4.69. The predicted molar refractivity (Wildman–Crippen MR) is 121 cm³/mol. The second-order valence-electron chi connectivity index (χ2n) is 8.31. The van der Waals surface area contributed by atoms with Crippen molar-refractivity contribution >= 4 is 29.4 Å². The van der Waals surface area contributed by atoms with Gasteiger partial charge in [0.25, 0.3) is 5.91 Å². The van der Waals surface area contributed by atoms with Gasteiger partial charge >= 0.3 is 0 Å². The highest BCUT2D eigenvalue weighted by molar-refractivity contribution is 7.98. The van der Waals surface area contributed by atoms with Gasteiger partial charge in [-0.1, -0.05) is 44.2 Å². The topological polar surface area (TPSA) is 70.2 Å². The molecule has 1 saturated carbocycles. The van der Waals surface area contributed by atoms with E-state index in [9.17, 15) is 14.0 Å². The fraction of sp³-hybridized carbons (Fsp3) is 0.417. The summed E-state index contributed by atoms with van der Waals surface area (Å²) in [5, 5.41) is 6.38. The standard InChI is InChI=1S/C24H28FN3O2S/c25-20-8-4-5-9-21(20)31-28-23(29)17-10-12-18(13-11-17)27-24(30)22-19(14-15-26-22)16-6-2-1-3-7-16/h4-5,8-13,16,19,22,26H,1-3,6-7,14-15H2,(H,27,30)(H,28,29). The summed E-state index contributed by atoms with van der Waals surface area (Å²) in [6, 6.07) is 12.9. The van der Waals surface area contributed by atoms with Crippen molar-refractivity contribution in [2.24, 2.45) is 11.8 Å². The lowest BCUT2D eigenvalue weighted by atomic mass is 9.76. The van der Waals surface area contributed by atoms with Crippen molar-refractivity contribution < 1.29 is 14.0 Å². The van der Waals surface area contributed by atoms with Crippen LogP contribution in [0.2, 0.25) is 0 Å². The molecular formula is C24H28FN3O2S. The number of carbonyl (C=O) groups is 2. The third-order valence-electron chi connectivity index (χ3n) is 6.31. The first-order valence-electron chi connectivity index (χ1n) is 11.0. The number of amides is 2. The summed E-state index contributed by atoms with van der Waals surface area (Å²) in [7, 11) is 0. The van der Waals surface area contributed by atoms with Crippen LogP contribution in [0.5, 0.6) is 0 Å². The molecule has 2 amide bonds. The Morgan fingerprint density at radius 3 is 2.45 bits per heavy atom. The number of rotatable bonds is 6. The van der Waals surface area contributed by atoms with Crippen LogP contribution in [0.1, 0.15) is 48.9 Å². The molecule has 2 aliphatic rings. The Morgan fingerprint density at radius 1 is 0.968 bits per heavy atom. The highest BCUT2D eigenvalue weighted by Gasteiger charge is 2.38. The first-order valence-corrected chi connectivity index (χ1v) is 11.8. The molecule has 0 aromatic heterocycles. The van der Waals surface area contributed by atoms with Gasteiger partial charge in [0.05, 0.1) is 10.9 Å². The highest BCUT2D eigenvalue weighted by Crippen LogP contribution is 2.36. The largest absolute Gasteiger partial charge is 0.325 e. The first-order chi connectivity index (χ1) is 15.1. The van der Waals surface area contributed by atoms with Crippen LogP contribution in [0.25, 0.3) is 0 Å². The molecule has 1 saturated heterocycles. The lowest BCUT2D eigenvalue weighted by Crippen LogP contribution is -2.42. The van der Waals surface area contributed by atoms with Crippen molar-refractivity contribution in [1.29, 1.82) is 0 Å². The van der Waals surface area contributed by atoms with Gasteiger partial charge in [0.1, 0.15) is 5.82 Å². The molecular weight excluding hydrogens is 413 g/mol. The number of anilines is 1. The van der Waals surface area contributed by atoms with E-state index in [1.807, 2.05) is 0 Å². The minimum atomic E-state index is -0.377. The summed E-state index contributed by atoms with van der Waals surface area (Å²) in [6.07, 6.45) is 7.37. The van der Waals surface area contributed by atoms with Crippen molar-refractivity contribution in [2.45, 2.75) is 49.5 Å². The first kappa shape index (κ1) is 21.8. The molecule has 31 heavy (non-hydrogen) atoms. The molecule has 0 bridgehead atoms. The van der Waals surface area contributed by atoms with Crippen LogP contribution in [0.15, 0.2) is 53.4 Å². The Hall–Kier alpha value is -2.38. The summed E-state index contributed by atoms with van der Waals surface area (Å²) in [6.45, 7) is 0.887. The monoisotopic (exact) mass is 441 g/mol. The maximum Gasteiger partial charge on any atom is 0.261 e. The highest BCUT2D eigenvalue weighted by atomic mass is 32.2. The molecule has 2 unspecified atom stereocenters. The number of carbonyl (C=O) groups excluding carboxylic acids is 2. The van der Waals surface area contributed by atoms with Crippen LogP contribution in [-0.4, -0.2) is 24.4 Å². The smallest absolute Gasteiger partial charge is 0.261 e. The van der Waals surface area contributed by atoms with E-state index in [2.05, 4.69) is 15.4 Å². The molecule has 2 aromatic carbocycles. The van der Waals surface area contributed by atoms with E-state index in [0.29, 0.717) is 28.0 Å². The average molecular weight is 442 g/mol.